The Morgan fingerprint density at radius 1 is 0.966 bits per heavy atom. The van der Waals surface area contributed by atoms with E-state index in [2.05, 4.69) is 10.0 Å². The van der Waals surface area contributed by atoms with Gasteiger partial charge >= 0.3 is 0 Å². The highest BCUT2D eigenvalue weighted by molar-refractivity contribution is 7.92. The van der Waals surface area contributed by atoms with E-state index >= 15 is 0 Å². The number of sulfonamides is 1. The second kappa shape index (κ2) is 8.74. The van der Waals surface area contributed by atoms with Crippen LogP contribution in [0.4, 0.5) is 15.8 Å². The molecule has 8 heteroatoms. The zero-order valence-corrected chi connectivity index (χ0v) is 16.4. The molecule has 0 saturated carbocycles. The summed E-state index contributed by atoms with van der Waals surface area (Å²) in [6.07, 6.45) is 0. The summed E-state index contributed by atoms with van der Waals surface area (Å²) >= 11 is 0. The van der Waals surface area contributed by atoms with Crippen molar-refractivity contribution < 1.29 is 22.3 Å². The second-order valence-electron chi connectivity index (χ2n) is 6.24. The number of hydrogen-bond donors (Lipinski definition) is 2. The van der Waals surface area contributed by atoms with Crippen molar-refractivity contribution in [1.29, 1.82) is 0 Å². The van der Waals surface area contributed by atoms with E-state index in [0.29, 0.717) is 22.7 Å². The van der Waals surface area contributed by atoms with Crippen LogP contribution in [0.5, 0.6) is 5.75 Å². The van der Waals surface area contributed by atoms with Gasteiger partial charge in [0.1, 0.15) is 11.6 Å². The fraction of sp³-hybridized carbons (Fsp3) is 0.0952. The Labute approximate surface area is 168 Å². The van der Waals surface area contributed by atoms with Crippen LogP contribution in [0.3, 0.4) is 0 Å². The third kappa shape index (κ3) is 5.55. The Balaban J connectivity index is 1.63. The van der Waals surface area contributed by atoms with Crippen molar-refractivity contribution in [3.05, 3.63) is 84.2 Å². The van der Waals surface area contributed by atoms with Gasteiger partial charge in [0.05, 0.1) is 4.90 Å². The topological polar surface area (TPSA) is 84.5 Å². The number of benzene rings is 3. The number of nitrogens with one attached hydrogen (secondary N) is 2. The Bertz CT molecular complexity index is 1100. The zero-order chi connectivity index (χ0) is 20.9. The van der Waals surface area contributed by atoms with Crippen LogP contribution < -0.4 is 14.8 Å². The maximum Gasteiger partial charge on any atom is 0.262 e. The number of carbonyl (C=O) groups is 1. The fourth-order valence-electron chi connectivity index (χ4n) is 2.54. The van der Waals surface area contributed by atoms with E-state index in [1.807, 2.05) is 0 Å². The fourth-order valence-corrected chi connectivity index (χ4v) is 3.69. The van der Waals surface area contributed by atoms with Crippen LogP contribution in [0, 0.1) is 12.7 Å². The molecule has 0 radical (unpaired) electrons. The normalized spacial score (nSPS) is 11.0. The van der Waals surface area contributed by atoms with Gasteiger partial charge in [-0.05, 0) is 67.1 Å². The predicted octanol–water partition coefficient (Wildman–Crippen LogP) is 3.95. The van der Waals surface area contributed by atoms with Crippen LogP contribution in [0.2, 0.25) is 0 Å². The minimum Gasteiger partial charge on any atom is -0.483 e. The van der Waals surface area contributed by atoms with E-state index < -0.39 is 21.7 Å². The Morgan fingerprint density at radius 2 is 1.66 bits per heavy atom. The van der Waals surface area contributed by atoms with Crippen LogP contribution in [0.1, 0.15) is 5.56 Å². The third-order valence-electron chi connectivity index (χ3n) is 3.97. The molecule has 3 rings (SSSR count). The molecule has 3 aromatic carbocycles. The first-order valence-electron chi connectivity index (χ1n) is 8.70. The summed E-state index contributed by atoms with van der Waals surface area (Å²) in [4.78, 5) is 12.1. The van der Waals surface area contributed by atoms with E-state index in [1.165, 1.54) is 42.5 Å². The predicted molar refractivity (Wildman–Crippen MR) is 109 cm³/mol. The molecule has 0 atom stereocenters. The number of hydrogen-bond acceptors (Lipinski definition) is 4. The molecule has 0 saturated heterocycles. The third-order valence-corrected chi connectivity index (χ3v) is 5.35. The summed E-state index contributed by atoms with van der Waals surface area (Å²) in [5.74, 6) is -0.428. The molecule has 0 fully saturated rings. The summed E-state index contributed by atoms with van der Waals surface area (Å²) in [7, 11) is -3.74. The van der Waals surface area contributed by atoms with Crippen LogP contribution in [-0.2, 0) is 14.8 Å². The molecule has 0 heterocycles. The number of aryl methyl sites for hydroxylation is 1. The number of anilines is 2. The number of carbonyl (C=O) groups excluding carboxylic acids is 1. The number of halogens is 1. The first-order valence-corrected chi connectivity index (χ1v) is 10.2. The van der Waals surface area contributed by atoms with Gasteiger partial charge < -0.3 is 10.1 Å². The molecular formula is C21H19FN2O4S. The van der Waals surface area contributed by atoms with Crippen molar-refractivity contribution in [3.8, 4) is 5.75 Å². The van der Waals surface area contributed by atoms with Crippen molar-refractivity contribution in [1.82, 2.24) is 0 Å². The summed E-state index contributed by atoms with van der Waals surface area (Å²) in [5, 5.41) is 2.59. The van der Waals surface area contributed by atoms with Crippen LogP contribution in [-0.4, -0.2) is 20.9 Å². The van der Waals surface area contributed by atoms with Crippen LogP contribution in [0.15, 0.2) is 77.7 Å². The maximum absolute atomic E-state index is 12.9. The molecule has 6 nitrogen and oxygen atoms in total. The molecule has 0 unspecified atom stereocenters. The van der Waals surface area contributed by atoms with Gasteiger partial charge in [0.15, 0.2) is 6.61 Å². The molecule has 3 aromatic rings. The van der Waals surface area contributed by atoms with E-state index in [9.17, 15) is 17.6 Å². The minimum atomic E-state index is -3.74. The van der Waals surface area contributed by atoms with Crippen molar-refractivity contribution in [3.63, 3.8) is 0 Å². The molecule has 1 amide bonds. The Morgan fingerprint density at radius 3 is 2.31 bits per heavy atom. The first-order chi connectivity index (χ1) is 13.8. The Kier molecular flexibility index (Phi) is 6.13. The molecule has 0 spiro atoms. The van der Waals surface area contributed by atoms with Gasteiger partial charge in [0.2, 0.25) is 0 Å². The van der Waals surface area contributed by atoms with Crippen molar-refractivity contribution in [2.45, 2.75) is 11.8 Å². The molecule has 0 aliphatic rings. The zero-order valence-electron chi connectivity index (χ0n) is 15.6. The van der Waals surface area contributed by atoms with Gasteiger partial charge in [0.25, 0.3) is 15.9 Å². The quantitative estimate of drug-likeness (QED) is 0.613. The van der Waals surface area contributed by atoms with E-state index in [0.717, 1.165) is 0 Å². The number of amides is 1. The highest BCUT2D eigenvalue weighted by Gasteiger charge is 2.16. The molecule has 0 aliphatic carbocycles. The van der Waals surface area contributed by atoms with Crippen molar-refractivity contribution in [2.24, 2.45) is 0 Å². The molecule has 29 heavy (non-hydrogen) atoms. The van der Waals surface area contributed by atoms with Gasteiger partial charge in [-0.3, -0.25) is 9.52 Å². The lowest BCUT2D eigenvalue weighted by molar-refractivity contribution is -0.118. The highest BCUT2D eigenvalue weighted by atomic mass is 32.2. The molecular weight excluding hydrogens is 395 g/mol. The second-order valence-corrected chi connectivity index (χ2v) is 7.92. The van der Waals surface area contributed by atoms with Gasteiger partial charge in [-0.25, -0.2) is 12.8 Å². The highest BCUT2D eigenvalue weighted by Crippen LogP contribution is 2.23. The lowest BCUT2D eigenvalue weighted by Crippen LogP contribution is -2.20. The van der Waals surface area contributed by atoms with Crippen molar-refractivity contribution in [2.75, 3.05) is 16.6 Å². The SMILES string of the molecule is Cc1cc(S(=O)(=O)Nc2ccccc2)ccc1OCC(=O)Nc1ccc(F)cc1. The summed E-state index contributed by atoms with van der Waals surface area (Å²) in [6, 6.07) is 18.3. The lowest BCUT2D eigenvalue weighted by atomic mass is 10.2. The molecule has 150 valence electrons. The van der Waals surface area contributed by atoms with Gasteiger partial charge in [-0.15, -0.1) is 0 Å². The van der Waals surface area contributed by atoms with E-state index in [1.54, 1.807) is 37.3 Å². The maximum atomic E-state index is 12.9. The van der Waals surface area contributed by atoms with Crippen LogP contribution in [0.25, 0.3) is 0 Å². The molecule has 0 bridgehead atoms. The van der Waals surface area contributed by atoms with Gasteiger partial charge in [-0.1, -0.05) is 18.2 Å². The van der Waals surface area contributed by atoms with E-state index in [-0.39, 0.29) is 11.5 Å². The van der Waals surface area contributed by atoms with Crippen molar-refractivity contribution >= 4 is 27.3 Å². The number of para-hydroxylation sites is 1. The first kappa shape index (κ1) is 20.3. The lowest BCUT2D eigenvalue weighted by Gasteiger charge is -2.12. The minimum absolute atomic E-state index is 0.0852. The largest absolute Gasteiger partial charge is 0.483 e. The number of ether oxygens (including phenoxy) is 1. The molecule has 0 aromatic heterocycles. The average Bonchev–Trinajstić information content (AvgIpc) is 2.69. The molecule has 0 aliphatic heterocycles. The molecule has 2 N–H and O–H groups in total. The monoisotopic (exact) mass is 414 g/mol. The van der Waals surface area contributed by atoms with Gasteiger partial charge in [-0.2, -0.15) is 0 Å². The summed E-state index contributed by atoms with van der Waals surface area (Å²) in [5.41, 5.74) is 1.48. The van der Waals surface area contributed by atoms with Crippen LogP contribution >= 0.6 is 0 Å². The Hall–Kier alpha value is -3.39. The average molecular weight is 414 g/mol. The summed E-state index contributed by atoms with van der Waals surface area (Å²) < 4.78 is 45.9. The standard InChI is InChI=1S/C21H19FN2O4S/c1-15-13-19(29(26,27)24-18-5-3-2-4-6-18)11-12-20(15)28-14-21(25)23-17-9-7-16(22)8-10-17/h2-13,24H,14H2,1H3,(H,23,25). The van der Waals surface area contributed by atoms with Gasteiger partial charge in [0, 0.05) is 11.4 Å². The van der Waals surface area contributed by atoms with E-state index in [4.69, 9.17) is 4.74 Å². The number of rotatable bonds is 7. The smallest absolute Gasteiger partial charge is 0.262 e. The summed E-state index contributed by atoms with van der Waals surface area (Å²) in [6.45, 7) is 1.42.